The van der Waals surface area contributed by atoms with Crippen molar-refractivity contribution < 1.29 is 9.53 Å². The van der Waals surface area contributed by atoms with Crippen molar-refractivity contribution in [3.63, 3.8) is 0 Å². The topological polar surface area (TPSA) is 29.5 Å². The Bertz CT molecular complexity index is 680. The number of rotatable bonds is 4. The summed E-state index contributed by atoms with van der Waals surface area (Å²) in [6, 6.07) is 11.8. The maximum Gasteiger partial charge on any atom is 0.177 e. The van der Waals surface area contributed by atoms with Crippen molar-refractivity contribution in [2.75, 3.05) is 26.7 Å². The van der Waals surface area contributed by atoms with Crippen LogP contribution in [0, 0.1) is 5.92 Å². The highest BCUT2D eigenvalue weighted by Crippen LogP contribution is 2.29. The number of piperidine rings is 1. The Labute approximate surface area is 131 Å². The lowest BCUT2D eigenvalue weighted by atomic mass is 9.97. The predicted octanol–water partition coefficient (Wildman–Crippen LogP) is 3.76. The fraction of sp³-hybridized carbons (Fsp3) is 0.421. The predicted molar refractivity (Wildman–Crippen MR) is 89.7 cm³/mol. The molecule has 2 aromatic carbocycles. The summed E-state index contributed by atoms with van der Waals surface area (Å²) in [6.07, 6.45) is 2.47. The van der Waals surface area contributed by atoms with Crippen LogP contribution in [0.5, 0.6) is 5.75 Å². The fourth-order valence-electron chi connectivity index (χ4n) is 3.41. The minimum absolute atomic E-state index is 0.202. The molecule has 0 spiro atoms. The van der Waals surface area contributed by atoms with Gasteiger partial charge in [-0.05, 0) is 42.8 Å². The minimum atomic E-state index is 0.202. The molecule has 0 aliphatic carbocycles. The molecule has 2 aromatic rings. The van der Waals surface area contributed by atoms with E-state index in [1.54, 1.807) is 7.11 Å². The van der Waals surface area contributed by atoms with E-state index >= 15 is 0 Å². The van der Waals surface area contributed by atoms with E-state index in [-0.39, 0.29) is 5.78 Å². The first-order chi connectivity index (χ1) is 10.7. The summed E-state index contributed by atoms with van der Waals surface area (Å²) in [7, 11) is 1.67. The second-order valence-electron chi connectivity index (χ2n) is 6.27. The van der Waals surface area contributed by atoms with Crippen molar-refractivity contribution in [2.45, 2.75) is 19.8 Å². The maximum atomic E-state index is 12.8. The molecule has 0 saturated carbocycles. The Kier molecular flexibility index (Phi) is 4.44. The molecule has 0 N–H and O–H groups in total. The van der Waals surface area contributed by atoms with E-state index < -0.39 is 0 Å². The molecule has 1 heterocycles. The number of ketones is 1. The van der Waals surface area contributed by atoms with E-state index in [2.05, 4.69) is 11.8 Å². The zero-order chi connectivity index (χ0) is 15.5. The van der Waals surface area contributed by atoms with Gasteiger partial charge in [0, 0.05) is 17.5 Å². The molecule has 1 unspecified atom stereocenters. The Morgan fingerprint density at radius 1 is 1.23 bits per heavy atom. The molecule has 1 aliphatic heterocycles. The zero-order valence-electron chi connectivity index (χ0n) is 13.3. The molecule has 1 fully saturated rings. The first-order valence-electron chi connectivity index (χ1n) is 8.00. The van der Waals surface area contributed by atoms with Crippen LogP contribution in [0.2, 0.25) is 0 Å². The number of Topliss-reactive ketones (excluding diaryl/α,β-unsaturated/α-hetero) is 1. The average Bonchev–Trinajstić information content (AvgIpc) is 2.53. The van der Waals surface area contributed by atoms with Crippen molar-refractivity contribution >= 4 is 16.6 Å². The van der Waals surface area contributed by atoms with Crippen molar-refractivity contribution in [3.05, 3.63) is 42.0 Å². The largest absolute Gasteiger partial charge is 0.496 e. The molecule has 3 rings (SSSR count). The summed E-state index contributed by atoms with van der Waals surface area (Å²) in [5, 5.41) is 1.99. The van der Waals surface area contributed by atoms with Gasteiger partial charge < -0.3 is 4.74 Å². The van der Waals surface area contributed by atoms with Gasteiger partial charge in [-0.3, -0.25) is 9.69 Å². The first kappa shape index (κ1) is 15.0. The monoisotopic (exact) mass is 297 g/mol. The van der Waals surface area contributed by atoms with Gasteiger partial charge in [-0.15, -0.1) is 0 Å². The molecule has 3 nitrogen and oxygen atoms in total. The van der Waals surface area contributed by atoms with E-state index in [0.717, 1.165) is 35.2 Å². The number of hydrogen-bond acceptors (Lipinski definition) is 3. The van der Waals surface area contributed by atoms with Crippen molar-refractivity contribution in [1.29, 1.82) is 0 Å². The SMILES string of the molecule is COc1ccc(C(=O)CN2CCCC(C)C2)c2ccccc12. The standard InChI is InChI=1S/C19H23NO2/c1-14-6-5-11-20(12-14)13-18(21)16-9-10-19(22-2)17-8-4-3-7-15(16)17/h3-4,7-10,14H,5-6,11-13H2,1-2H3. The summed E-state index contributed by atoms with van der Waals surface area (Å²) in [5.74, 6) is 1.71. The van der Waals surface area contributed by atoms with Gasteiger partial charge in [-0.25, -0.2) is 0 Å². The molecular formula is C19H23NO2. The summed E-state index contributed by atoms with van der Waals surface area (Å²) >= 11 is 0. The number of carbonyl (C=O) groups excluding carboxylic acids is 1. The van der Waals surface area contributed by atoms with Gasteiger partial charge in [0.15, 0.2) is 5.78 Å². The highest BCUT2D eigenvalue weighted by atomic mass is 16.5. The number of ether oxygens (including phenoxy) is 1. The number of benzene rings is 2. The van der Waals surface area contributed by atoms with Gasteiger partial charge in [0.2, 0.25) is 0 Å². The van der Waals surface area contributed by atoms with Crippen LogP contribution < -0.4 is 4.74 Å². The van der Waals surface area contributed by atoms with Crippen LogP contribution in [0.3, 0.4) is 0 Å². The number of methoxy groups -OCH3 is 1. The van der Waals surface area contributed by atoms with Crippen molar-refractivity contribution in [3.8, 4) is 5.75 Å². The smallest absolute Gasteiger partial charge is 0.177 e. The first-order valence-corrected chi connectivity index (χ1v) is 8.00. The molecule has 22 heavy (non-hydrogen) atoms. The second kappa shape index (κ2) is 6.49. The third-order valence-electron chi connectivity index (χ3n) is 4.51. The van der Waals surface area contributed by atoms with E-state index in [9.17, 15) is 4.79 Å². The lowest BCUT2D eigenvalue weighted by Crippen LogP contribution is -2.38. The Hall–Kier alpha value is -1.87. The third kappa shape index (κ3) is 3.00. The van der Waals surface area contributed by atoms with Gasteiger partial charge in [-0.2, -0.15) is 0 Å². The summed E-state index contributed by atoms with van der Waals surface area (Å²) in [6.45, 7) is 4.84. The van der Waals surface area contributed by atoms with Crippen LogP contribution in [0.1, 0.15) is 30.1 Å². The normalized spacial score (nSPS) is 19.3. The Morgan fingerprint density at radius 3 is 2.73 bits per heavy atom. The van der Waals surface area contributed by atoms with Gasteiger partial charge in [0.1, 0.15) is 5.75 Å². The van der Waals surface area contributed by atoms with Gasteiger partial charge in [0.05, 0.1) is 13.7 Å². The van der Waals surface area contributed by atoms with Crippen LogP contribution in [0.4, 0.5) is 0 Å². The van der Waals surface area contributed by atoms with E-state index in [1.165, 1.54) is 12.8 Å². The third-order valence-corrected chi connectivity index (χ3v) is 4.51. The maximum absolute atomic E-state index is 12.8. The summed E-state index contributed by atoms with van der Waals surface area (Å²) < 4.78 is 5.40. The molecular weight excluding hydrogens is 274 g/mol. The van der Waals surface area contributed by atoms with Gasteiger partial charge in [-0.1, -0.05) is 31.2 Å². The number of carbonyl (C=O) groups is 1. The van der Waals surface area contributed by atoms with Crippen LogP contribution in [0.15, 0.2) is 36.4 Å². The molecule has 3 heteroatoms. The molecule has 1 saturated heterocycles. The molecule has 0 amide bonds. The molecule has 1 atom stereocenters. The average molecular weight is 297 g/mol. The molecule has 1 aliphatic rings. The van der Waals surface area contributed by atoms with Crippen LogP contribution >= 0.6 is 0 Å². The summed E-state index contributed by atoms with van der Waals surface area (Å²) in [5.41, 5.74) is 0.801. The number of fused-ring (bicyclic) bond motifs is 1. The fourth-order valence-corrected chi connectivity index (χ4v) is 3.41. The lowest BCUT2D eigenvalue weighted by Gasteiger charge is -2.30. The molecule has 116 valence electrons. The van der Waals surface area contributed by atoms with E-state index in [4.69, 9.17) is 4.74 Å². The highest BCUT2D eigenvalue weighted by Gasteiger charge is 2.20. The van der Waals surface area contributed by atoms with Gasteiger partial charge in [0.25, 0.3) is 0 Å². The van der Waals surface area contributed by atoms with Crippen molar-refractivity contribution in [2.24, 2.45) is 5.92 Å². The number of likely N-dealkylation sites (tertiary alicyclic amines) is 1. The van der Waals surface area contributed by atoms with Crippen LogP contribution in [-0.2, 0) is 0 Å². The molecule has 0 radical (unpaired) electrons. The van der Waals surface area contributed by atoms with Crippen LogP contribution in [-0.4, -0.2) is 37.4 Å². The quantitative estimate of drug-likeness (QED) is 0.805. The molecule has 0 bridgehead atoms. The minimum Gasteiger partial charge on any atom is -0.496 e. The van der Waals surface area contributed by atoms with E-state index in [0.29, 0.717) is 12.5 Å². The number of nitrogens with zero attached hydrogens (tertiary/aromatic N) is 1. The number of hydrogen-bond donors (Lipinski definition) is 0. The second-order valence-corrected chi connectivity index (χ2v) is 6.27. The molecule has 0 aromatic heterocycles. The lowest BCUT2D eigenvalue weighted by molar-refractivity contribution is 0.0894. The highest BCUT2D eigenvalue weighted by molar-refractivity contribution is 6.10. The van der Waals surface area contributed by atoms with Crippen molar-refractivity contribution in [1.82, 2.24) is 4.90 Å². The Morgan fingerprint density at radius 2 is 2.00 bits per heavy atom. The Balaban J connectivity index is 1.88. The van der Waals surface area contributed by atoms with Crippen LogP contribution in [0.25, 0.3) is 10.8 Å². The van der Waals surface area contributed by atoms with Gasteiger partial charge >= 0.3 is 0 Å². The van der Waals surface area contributed by atoms with E-state index in [1.807, 2.05) is 36.4 Å². The zero-order valence-corrected chi connectivity index (χ0v) is 13.3. The summed E-state index contributed by atoms with van der Waals surface area (Å²) in [4.78, 5) is 15.0.